The fourth-order valence-corrected chi connectivity index (χ4v) is 3.64. The number of fused-ring (bicyclic) bond motifs is 1. The standard InChI is InChI=1S/C21H24N4O3S/c1-13(20(26)23-12-14-9-10-17(27-3)18(11-14)28-4)29-21-24-16-8-6-5-7-15(16)19(22-2)25-21/h5-11,13H,12H2,1-4H3,(H,23,26)(H,22,24,25)/t13-/m1/s1. The SMILES string of the molecule is CNc1nc(S[C@H](C)C(=O)NCc2ccc(OC)c(OC)c2)nc2ccccc12. The number of methoxy groups -OCH3 is 2. The summed E-state index contributed by atoms with van der Waals surface area (Å²) in [5, 5.41) is 7.20. The predicted molar refractivity (Wildman–Crippen MR) is 116 cm³/mol. The summed E-state index contributed by atoms with van der Waals surface area (Å²) in [4.78, 5) is 21.7. The van der Waals surface area contributed by atoms with E-state index in [-0.39, 0.29) is 11.2 Å². The second-order valence-corrected chi connectivity index (χ2v) is 7.60. The lowest BCUT2D eigenvalue weighted by Crippen LogP contribution is -2.30. The van der Waals surface area contributed by atoms with E-state index >= 15 is 0 Å². The third-order valence-corrected chi connectivity index (χ3v) is 5.35. The molecule has 0 aliphatic rings. The maximum Gasteiger partial charge on any atom is 0.233 e. The highest BCUT2D eigenvalue weighted by molar-refractivity contribution is 8.00. The number of nitrogens with one attached hydrogen (secondary N) is 2. The highest BCUT2D eigenvalue weighted by Gasteiger charge is 2.17. The van der Waals surface area contributed by atoms with Crippen LogP contribution in [0.1, 0.15) is 12.5 Å². The first kappa shape index (κ1) is 20.7. The minimum atomic E-state index is -0.346. The molecule has 152 valence electrons. The Labute approximate surface area is 174 Å². The molecule has 2 aromatic carbocycles. The second kappa shape index (κ2) is 9.47. The van der Waals surface area contributed by atoms with Gasteiger partial charge in [-0.1, -0.05) is 30.0 Å². The quantitative estimate of drug-likeness (QED) is 0.433. The molecule has 0 unspecified atom stereocenters. The predicted octanol–water partition coefficient (Wildman–Crippen LogP) is 3.49. The van der Waals surface area contributed by atoms with E-state index in [2.05, 4.69) is 20.6 Å². The van der Waals surface area contributed by atoms with Crippen molar-refractivity contribution in [1.82, 2.24) is 15.3 Å². The molecule has 3 rings (SSSR count). The van der Waals surface area contributed by atoms with Crippen molar-refractivity contribution in [1.29, 1.82) is 0 Å². The van der Waals surface area contributed by atoms with Gasteiger partial charge in [0, 0.05) is 19.0 Å². The first-order chi connectivity index (χ1) is 14.0. The van der Waals surface area contributed by atoms with Gasteiger partial charge in [0.25, 0.3) is 0 Å². The van der Waals surface area contributed by atoms with Crippen LogP contribution in [0.4, 0.5) is 5.82 Å². The highest BCUT2D eigenvalue weighted by atomic mass is 32.2. The number of ether oxygens (including phenoxy) is 2. The van der Waals surface area contributed by atoms with Gasteiger partial charge in [0.05, 0.1) is 25.0 Å². The average molecular weight is 413 g/mol. The number of aromatic nitrogens is 2. The minimum absolute atomic E-state index is 0.0902. The van der Waals surface area contributed by atoms with Gasteiger partial charge in [0.1, 0.15) is 5.82 Å². The first-order valence-electron chi connectivity index (χ1n) is 9.15. The fourth-order valence-electron chi connectivity index (χ4n) is 2.83. The Hall–Kier alpha value is -3.00. The third kappa shape index (κ3) is 4.89. The van der Waals surface area contributed by atoms with Gasteiger partial charge in [0.2, 0.25) is 5.91 Å². The van der Waals surface area contributed by atoms with E-state index < -0.39 is 0 Å². The number of carbonyl (C=O) groups excluding carboxylic acids is 1. The maximum atomic E-state index is 12.6. The monoisotopic (exact) mass is 412 g/mol. The second-order valence-electron chi connectivity index (χ2n) is 6.29. The van der Waals surface area contributed by atoms with Crippen molar-refractivity contribution in [3.8, 4) is 11.5 Å². The van der Waals surface area contributed by atoms with Crippen molar-refractivity contribution in [3.05, 3.63) is 48.0 Å². The molecule has 1 heterocycles. The number of amides is 1. The largest absolute Gasteiger partial charge is 0.493 e. The van der Waals surface area contributed by atoms with Crippen molar-refractivity contribution in [2.24, 2.45) is 0 Å². The van der Waals surface area contributed by atoms with Crippen LogP contribution >= 0.6 is 11.8 Å². The van der Waals surface area contributed by atoms with Crippen molar-refractivity contribution in [2.75, 3.05) is 26.6 Å². The van der Waals surface area contributed by atoms with Gasteiger partial charge in [-0.2, -0.15) is 0 Å². The molecule has 0 spiro atoms. The van der Waals surface area contributed by atoms with Gasteiger partial charge >= 0.3 is 0 Å². The van der Waals surface area contributed by atoms with Gasteiger partial charge in [-0.15, -0.1) is 0 Å². The number of hydrogen-bond donors (Lipinski definition) is 2. The van der Waals surface area contributed by atoms with Crippen molar-refractivity contribution >= 4 is 34.4 Å². The molecule has 0 saturated heterocycles. The zero-order chi connectivity index (χ0) is 20.8. The molecule has 29 heavy (non-hydrogen) atoms. The summed E-state index contributed by atoms with van der Waals surface area (Å²) in [7, 11) is 5.00. The molecule has 0 bridgehead atoms. The molecule has 0 aliphatic carbocycles. The smallest absolute Gasteiger partial charge is 0.233 e. The Kier molecular flexibility index (Phi) is 6.77. The summed E-state index contributed by atoms with van der Waals surface area (Å²) >= 11 is 1.33. The van der Waals surface area contributed by atoms with E-state index in [1.807, 2.05) is 56.4 Å². The number of hydrogen-bond acceptors (Lipinski definition) is 7. The summed E-state index contributed by atoms with van der Waals surface area (Å²) in [5.41, 5.74) is 1.76. The Bertz CT molecular complexity index is 1010. The molecule has 1 aromatic heterocycles. The molecule has 3 aromatic rings. The molecule has 1 amide bonds. The summed E-state index contributed by atoms with van der Waals surface area (Å²) < 4.78 is 10.5. The Balaban J connectivity index is 1.66. The molecule has 7 nitrogen and oxygen atoms in total. The Morgan fingerprint density at radius 2 is 1.86 bits per heavy atom. The molecule has 0 fully saturated rings. The number of benzene rings is 2. The number of anilines is 1. The van der Waals surface area contributed by atoms with Gasteiger partial charge in [-0.3, -0.25) is 4.79 Å². The van der Waals surface area contributed by atoms with Crippen molar-refractivity contribution < 1.29 is 14.3 Å². The number of nitrogens with zero attached hydrogens (tertiary/aromatic N) is 2. The number of carbonyl (C=O) groups is 1. The van der Waals surface area contributed by atoms with Crippen molar-refractivity contribution in [2.45, 2.75) is 23.9 Å². The van der Waals surface area contributed by atoms with Gasteiger partial charge < -0.3 is 20.1 Å². The van der Waals surface area contributed by atoms with Crippen LogP contribution in [0.3, 0.4) is 0 Å². The molecule has 0 radical (unpaired) electrons. The van der Waals surface area contributed by atoms with Crippen molar-refractivity contribution in [3.63, 3.8) is 0 Å². The molecule has 0 saturated carbocycles. The Morgan fingerprint density at radius 1 is 1.10 bits per heavy atom. The lowest BCUT2D eigenvalue weighted by Gasteiger charge is -2.14. The van der Waals surface area contributed by atoms with E-state index in [0.717, 1.165) is 22.3 Å². The first-order valence-corrected chi connectivity index (χ1v) is 10.0. The molecule has 8 heteroatoms. The third-order valence-electron chi connectivity index (χ3n) is 4.39. The molecule has 2 N–H and O–H groups in total. The summed E-state index contributed by atoms with van der Waals surface area (Å²) in [6.07, 6.45) is 0. The molecular formula is C21H24N4O3S. The lowest BCUT2D eigenvalue weighted by molar-refractivity contribution is -0.120. The summed E-state index contributed by atoms with van der Waals surface area (Å²) in [5.74, 6) is 1.94. The van der Waals surface area contributed by atoms with Gasteiger partial charge in [0.15, 0.2) is 16.7 Å². The minimum Gasteiger partial charge on any atom is -0.493 e. The van der Waals surface area contributed by atoms with E-state index in [0.29, 0.717) is 23.2 Å². The lowest BCUT2D eigenvalue weighted by atomic mass is 10.2. The van der Waals surface area contributed by atoms with Crippen LogP contribution in [0, 0.1) is 0 Å². The van der Waals surface area contributed by atoms with Crippen LogP contribution in [0.5, 0.6) is 11.5 Å². The van der Waals surface area contributed by atoms with Crippen LogP contribution in [0.2, 0.25) is 0 Å². The highest BCUT2D eigenvalue weighted by Crippen LogP contribution is 2.28. The Morgan fingerprint density at radius 3 is 2.59 bits per heavy atom. The zero-order valence-electron chi connectivity index (χ0n) is 16.9. The fraction of sp³-hybridized carbons (Fsp3) is 0.286. The van der Waals surface area contributed by atoms with E-state index in [1.165, 1.54) is 11.8 Å². The van der Waals surface area contributed by atoms with Crippen LogP contribution in [0.15, 0.2) is 47.6 Å². The zero-order valence-corrected chi connectivity index (χ0v) is 17.7. The molecule has 0 aliphatic heterocycles. The van der Waals surface area contributed by atoms with Crippen LogP contribution in [-0.4, -0.2) is 42.4 Å². The average Bonchev–Trinajstić information content (AvgIpc) is 2.76. The molecular weight excluding hydrogens is 388 g/mol. The topological polar surface area (TPSA) is 85.4 Å². The van der Waals surface area contributed by atoms with Gasteiger partial charge in [-0.25, -0.2) is 9.97 Å². The summed E-state index contributed by atoms with van der Waals surface area (Å²) in [6, 6.07) is 13.3. The van der Waals surface area contributed by atoms with Gasteiger partial charge in [-0.05, 0) is 36.8 Å². The maximum absolute atomic E-state index is 12.6. The number of para-hydroxylation sites is 1. The van der Waals surface area contributed by atoms with Crippen LogP contribution in [0.25, 0.3) is 10.9 Å². The van der Waals surface area contributed by atoms with Crippen LogP contribution < -0.4 is 20.1 Å². The normalized spacial score (nSPS) is 11.7. The van der Waals surface area contributed by atoms with E-state index in [1.54, 1.807) is 14.2 Å². The molecule has 1 atom stereocenters. The van der Waals surface area contributed by atoms with E-state index in [4.69, 9.17) is 9.47 Å². The summed E-state index contributed by atoms with van der Waals surface area (Å²) in [6.45, 7) is 2.23. The number of thioether (sulfide) groups is 1. The van der Waals surface area contributed by atoms with E-state index in [9.17, 15) is 4.79 Å². The number of rotatable bonds is 8. The van der Waals surface area contributed by atoms with Crippen LogP contribution in [-0.2, 0) is 11.3 Å².